The lowest BCUT2D eigenvalue weighted by Crippen LogP contribution is -2.48. The third-order valence-electron chi connectivity index (χ3n) is 3.97. The summed E-state index contributed by atoms with van der Waals surface area (Å²) in [6.45, 7) is 4.88. The zero-order valence-electron chi connectivity index (χ0n) is 10.9. The van der Waals surface area contributed by atoms with Crippen molar-refractivity contribution in [3.05, 3.63) is 29.3 Å². The van der Waals surface area contributed by atoms with E-state index >= 15 is 0 Å². The normalized spacial score (nSPS) is 20.1. The maximum absolute atomic E-state index is 12.4. The van der Waals surface area contributed by atoms with Crippen molar-refractivity contribution in [1.82, 2.24) is 10.2 Å². The van der Waals surface area contributed by atoms with Crippen molar-refractivity contribution < 1.29 is 8.78 Å². The highest BCUT2D eigenvalue weighted by Crippen LogP contribution is 2.28. The largest absolute Gasteiger partial charge is 0.369 e. The van der Waals surface area contributed by atoms with Crippen LogP contribution in [0.4, 0.5) is 14.5 Å². The summed E-state index contributed by atoms with van der Waals surface area (Å²) in [6, 6.07) is 6.40. The Hall–Kier alpha value is -1.20. The second-order valence-corrected chi connectivity index (χ2v) is 5.20. The van der Waals surface area contributed by atoms with E-state index in [1.165, 1.54) is 16.8 Å². The van der Waals surface area contributed by atoms with Crippen LogP contribution in [0.25, 0.3) is 0 Å². The number of nitrogens with zero attached hydrogens (tertiary/aromatic N) is 2. The maximum Gasteiger partial charge on any atom is 0.251 e. The van der Waals surface area contributed by atoms with Crippen LogP contribution in [0.1, 0.15) is 11.1 Å². The van der Waals surface area contributed by atoms with Crippen LogP contribution < -0.4 is 10.2 Å². The van der Waals surface area contributed by atoms with Crippen LogP contribution in [-0.4, -0.2) is 44.0 Å². The van der Waals surface area contributed by atoms with Gasteiger partial charge in [-0.15, -0.1) is 0 Å². The lowest BCUT2D eigenvalue weighted by atomic mass is 10.1. The van der Waals surface area contributed by atoms with E-state index in [-0.39, 0.29) is 6.54 Å². The van der Waals surface area contributed by atoms with Gasteiger partial charge in [0.25, 0.3) is 6.43 Å². The molecule has 1 aromatic rings. The van der Waals surface area contributed by atoms with Crippen molar-refractivity contribution in [2.45, 2.75) is 19.5 Å². The number of alkyl halides is 2. The zero-order chi connectivity index (χ0) is 13.2. The molecule has 0 bridgehead atoms. The first kappa shape index (κ1) is 12.8. The zero-order valence-corrected chi connectivity index (χ0v) is 10.9. The first-order valence-corrected chi connectivity index (χ1v) is 6.81. The molecule has 19 heavy (non-hydrogen) atoms. The number of hydrogen-bond acceptors (Lipinski definition) is 3. The van der Waals surface area contributed by atoms with Crippen molar-refractivity contribution in [3.8, 4) is 0 Å². The lowest BCUT2D eigenvalue weighted by Gasteiger charge is -2.36. The topological polar surface area (TPSA) is 18.5 Å². The Morgan fingerprint density at radius 1 is 1.11 bits per heavy atom. The van der Waals surface area contributed by atoms with E-state index in [0.29, 0.717) is 0 Å². The molecular formula is C14H19F2N3. The fourth-order valence-corrected chi connectivity index (χ4v) is 2.98. The molecule has 2 aliphatic rings. The Balaban J connectivity index is 1.67. The molecule has 0 atom stereocenters. The Morgan fingerprint density at radius 2 is 1.89 bits per heavy atom. The van der Waals surface area contributed by atoms with Crippen molar-refractivity contribution in [2.24, 2.45) is 0 Å². The molecule has 104 valence electrons. The van der Waals surface area contributed by atoms with E-state index in [2.05, 4.69) is 28.4 Å². The summed E-state index contributed by atoms with van der Waals surface area (Å²) in [7, 11) is 0. The minimum Gasteiger partial charge on any atom is -0.369 e. The van der Waals surface area contributed by atoms with Gasteiger partial charge in [0.2, 0.25) is 0 Å². The van der Waals surface area contributed by atoms with Gasteiger partial charge in [-0.05, 0) is 17.2 Å². The van der Waals surface area contributed by atoms with Gasteiger partial charge in [-0.2, -0.15) is 0 Å². The van der Waals surface area contributed by atoms with Gasteiger partial charge in [0.05, 0.1) is 6.54 Å². The van der Waals surface area contributed by atoms with Crippen molar-refractivity contribution >= 4 is 5.69 Å². The van der Waals surface area contributed by atoms with Crippen LogP contribution in [0.2, 0.25) is 0 Å². The van der Waals surface area contributed by atoms with E-state index in [0.717, 1.165) is 39.3 Å². The van der Waals surface area contributed by atoms with Gasteiger partial charge >= 0.3 is 0 Å². The highest BCUT2D eigenvalue weighted by atomic mass is 19.3. The van der Waals surface area contributed by atoms with Crippen LogP contribution in [0, 0.1) is 0 Å². The number of halogens is 2. The van der Waals surface area contributed by atoms with Gasteiger partial charge in [0, 0.05) is 45.0 Å². The fraction of sp³-hybridized carbons (Fsp3) is 0.571. The van der Waals surface area contributed by atoms with Crippen LogP contribution in [0.3, 0.4) is 0 Å². The lowest BCUT2D eigenvalue weighted by molar-refractivity contribution is 0.0854. The molecular weight excluding hydrogens is 248 g/mol. The molecule has 5 heteroatoms. The molecule has 2 aliphatic heterocycles. The molecule has 1 aromatic carbocycles. The van der Waals surface area contributed by atoms with E-state index < -0.39 is 6.43 Å². The summed E-state index contributed by atoms with van der Waals surface area (Å²) in [5.41, 5.74) is 4.02. The molecule has 1 N–H and O–H groups in total. The quantitative estimate of drug-likeness (QED) is 0.899. The smallest absolute Gasteiger partial charge is 0.251 e. The Kier molecular flexibility index (Phi) is 3.66. The maximum atomic E-state index is 12.4. The second kappa shape index (κ2) is 5.43. The molecule has 0 aromatic heterocycles. The summed E-state index contributed by atoms with van der Waals surface area (Å²) in [5.74, 6) is 0. The molecule has 2 heterocycles. The van der Waals surface area contributed by atoms with E-state index in [4.69, 9.17) is 0 Å². The Labute approximate surface area is 112 Å². The van der Waals surface area contributed by atoms with Crippen LogP contribution >= 0.6 is 0 Å². The average molecular weight is 267 g/mol. The van der Waals surface area contributed by atoms with Gasteiger partial charge in [-0.3, -0.25) is 4.90 Å². The standard InChI is InChI=1S/C14H19F2N3/c15-14(16)10-18-4-6-19(7-5-18)13-3-1-2-11-8-17-9-12(11)13/h1-3,14,17H,4-10H2. The number of rotatable bonds is 3. The molecule has 0 spiro atoms. The minimum absolute atomic E-state index is 0.0949. The van der Waals surface area contributed by atoms with Gasteiger partial charge in [0.1, 0.15) is 0 Å². The number of fused-ring (bicyclic) bond motifs is 1. The summed E-state index contributed by atoms with van der Waals surface area (Å²) in [4.78, 5) is 4.18. The number of anilines is 1. The van der Waals surface area contributed by atoms with Gasteiger partial charge in [-0.25, -0.2) is 8.78 Å². The monoisotopic (exact) mass is 267 g/mol. The molecule has 0 unspecified atom stereocenters. The molecule has 3 nitrogen and oxygen atoms in total. The minimum atomic E-state index is -2.23. The predicted molar refractivity (Wildman–Crippen MR) is 71.6 cm³/mol. The van der Waals surface area contributed by atoms with Crippen molar-refractivity contribution in [1.29, 1.82) is 0 Å². The molecule has 0 saturated carbocycles. The van der Waals surface area contributed by atoms with Gasteiger partial charge in [-0.1, -0.05) is 12.1 Å². The molecule has 1 fully saturated rings. The number of hydrogen-bond donors (Lipinski definition) is 1. The summed E-state index contributed by atoms with van der Waals surface area (Å²) in [6.07, 6.45) is -2.23. The Morgan fingerprint density at radius 3 is 2.63 bits per heavy atom. The average Bonchev–Trinajstić information content (AvgIpc) is 2.87. The highest BCUT2D eigenvalue weighted by molar-refractivity contribution is 5.58. The predicted octanol–water partition coefficient (Wildman–Crippen LogP) is 1.68. The van der Waals surface area contributed by atoms with Crippen LogP contribution in [0.5, 0.6) is 0 Å². The summed E-state index contributed by atoms with van der Waals surface area (Å²) < 4.78 is 24.7. The van der Waals surface area contributed by atoms with E-state index in [1.807, 2.05) is 4.90 Å². The van der Waals surface area contributed by atoms with Crippen molar-refractivity contribution in [2.75, 3.05) is 37.6 Å². The van der Waals surface area contributed by atoms with Gasteiger partial charge in [0.15, 0.2) is 0 Å². The second-order valence-electron chi connectivity index (χ2n) is 5.20. The van der Waals surface area contributed by atoms with Crippen LogP contribution in [-0.2, 0) is 13.1 Å². The number of benzene rings is 1. The first-order valence-electron chi connectivity index (χ1n) is 6.81. The van der Waals surface area contributed by atoms with E-state index in [9.17, 15) is 8.78 Å². The fourth-order valence-electron chi connectivity index (χ4n) is 2.98. The van der Waals surface area contributed by atoms with E-state index in [1.54, 1.807) is 0 Å². The molecule has 0 aliphatic carbocycles. The number of piperazine rings is 1. The number of nitrogens with one attached hydrogen (secondary N) is 1. The molecule has 0 amide bonds. The molecule has 0 radical (unpaired) electrons. The summed E-state index contributed by atoms with van der Waals surface area (Å²) >= 11 is 0. The molecule has 3 rings (SSSR count). The van der Waals surface area contributed by atoms with Crippen molar-refractivity contribution in [3.63, 3.8) is 0 Å². The molecule has 1 saturated heterocycles. The summed E-state index contributed by atoms with van der Waals surface area (Å²) in [5, 5.41) is 3.37. The third kappa shape index (κ3) is 2.72. The third-order valence-corrected chi connectivity index (χ3v) is 3.97. The SMILES string of the molecule is FC(F)CN1CCN(c2cccc3c2CNC3)CC1. The van der Waals surface area contributed by atoms with Crippen LogP contribution in [0.15, 0.2) is 18.2 Å². The van der Waals surface area contributed by atoms with Gasteiger partial charge < -0.3 is 10.2 Å². The highest BCUT2D eigenvalue weighted by Gasteiger charge is 2.23. The Bertz CT molecular complexity index is 442. The first-order chi connectivity index (χ1) is 9.24.